The molecular formula is C84H151NO8. The Labute approximate surface area is 576 Å². The SMILES string of the molecule is CC/C=C\C/C=C\C/C=C\C/C=C\C/C=C\C/C=C\CCCCCCCCCCCCCCCCC(=O)OC(COC(=O)CCCCCCCCCCCCCCCCCCCCCCCCC/C=C\CCCCCCCCCC)COC(OCC[N+](C)(C)C)C(=O)[O-]. The highest BCUT2D eigenvalue weighted by molar-refractivity contribution is 5.70. The van der Waals surface area contributed by atoms with Crippen LogP contribution in [-0.2, 0) is 33.3 Å². The van der Waals surface area contributed by atoms with E-state index in [-0.39, 0.29) is 32.2 Å². The fourth-order valence-electron chi connectivity index (χ4n) is 11.6. The summed E-state index contributed by atoms with van der Waals surface area (Å²) in [6.07, 6.45) is 98.5. The van der Waals surface area contributed by atoms with Crippen LogP contribution in [-0.4, -0.2) is 82.3 Å². The van der Waals surface area contributed by atoms with Crippen LogP contribution in [0.25, 0.3) is 0 Å². The Morgan fingerprint density at radius 3 is 0.925 bits per heavy atom. The van der Waals surface area contributed by atoms with Crippen molar-refractivity contribution in [3.8, 4) is 0 Å². The van der Waals surface area contributed by atoms with Gasteiger partial charge in [-0.05, 0) is 89.9 Å². The van der Waals surface area contributed by atoms with E-state index in [9.17, 15) is 19.5 Å². The molecule has 0 saturated heterocycles. The Morgan fingerprint density at radius 2 is 0.613 bits per heavy atom. The predicted octanol–water partition coefficient (Wildman–Crippen LogP) is 24.0. The molecule has 0 N–H and O–H groups in total. The van der Waals surface area contributed by atoms with Crippen molar-refractivity contribution in [3.05, 3.63) is 85.1 Å². The van der Waals surface area contributed by atoms with E-state index in [0.29, 0.717) is 23.9 Å². The highest BCUT2D eigenvalue weighted by Crippen LogP contribution is 2.19. The lowest BCUT2D eigenvalue weighted by atomic mass is 10.0. The van der Waals surface area contributed by atoms with Gasteiger partial charge in [-0.2, -0.15) is 0 Å². The molecule has 0 aromatic carbocycles. The first-order valence-corrected chi connectivity index (χ1v) is 39.7. The Kier molecular flexibility index (Phi) is 71.4. The van der Waals surface area contributed by atoms with Gasteiger partial charge in [-0.25, -0.2) is 0 Å². The molecule has 540 valence electrons. The van der Waals surface area contributed by atoms with Crippen molar-refractivity contribution in [3.63, 3.8) is 0 Å². The lowest BCUT2D eigenvalue weighted by Crippen LogP contribution is -2.44. The van der Waals surface area contributed by atoms with Crippen LogP contribution in [0.1, 0.15) is 373 Å². The summed E-state index contributed by atoms with van der Waals surface area (Å²) in [7, 11) is 5.94. The minimum Gasteiger partial charge on any atom is -0.545 e. The minimum absolute atomic E-state index is 0.147. The second-order valence-corrected chi connectivity index (χ2v) is 28.0. The van der Waals surface area contributed by atoms with Crippen LogP contribution in [0.15, 0.2) is 85.1 Å². The Morgan fingerprint density at radius 1 is 0.333 bits per heavy atom. The monoisotopic (exact) mass is 1300 g/mol. The zero-order valence-corrected chi connectivity index (χ0v) is 61.9. The highest BCUT2D eigenvalue weighted by atomic mass is 16.7. The van der Waals surface area contributed by atoms with Crippen LogP contribution in [0.2, 0.25) is 0 Å². The van der Waals surface area contributed by atoms with E-state index in [1.165, 1.54) is 263 Å². The summed E-state index contributed by atoms with van der Waals surface area (Å²) in [5, 5.41) is 11.9. The molecule has 0 aliphatic carbocycles. The summed E-state index contributed by atoms with van der Waals surface area (Å²) < 4.78 is 22.9. The lowest BCUT2D eigenvalue weighted by Gasteiger charge is -2.26. The molecule has 2 unspecified atom stereocenters. The summed E-state index contributed by atoms with van der Waals surface area (Å²) in [6, 6.07) is 0. The largest absolute Gasteiger partial charge is 0.545 e. The number of esters is 2. The fraction of sp³-hybridized carbons (Fsp3) is 0.798. The molecule has 0 rings (SSSR count). The van der Waals surface area contributed by atoms with Crippen molar-refractivity contribution in [2.24, 2.45) is 0 Å². The normalized spacial score (nSPS) is 13.1. The number of quaternary nitrogens is 1. The Bertz CT molecular complexity index is 1810. The molecule has 0 saturated carbocycles. The van der Waals surface area contributed by atoms with Gasteiger partial charge in [0.05, 0.1) is 40.3 Å². The molecule has 0 radical (unpaired) electrons. The number of carboxylic acid groups (broad SMARTS) is 1. The number of unbranched alkanes of at least 4 members (excludes halogenated alkanes) is 45. The van der Waals surface area contributed by atoms with E-state index in [2.05, 4.69) is 98.9 Å². The quantitative estimate of drug-likeness (QED) is 0.0195. The third-order valence-electron chi connectivity index (χ3n) is 17.6. The van der Waals surface area contributed by atoms with Crippen LogP contribution in [0, 0.1) is 0 Å². The fourth-order valence-corrected chi connectivity index (χ4v) is 11.6. The molecule has 2 atom stereocenters. The smallest absolute Gasteiger partial charge is 0.306 e. The maximum Gasteiger partial charge on any atom is 0.306 e. The topological polar surface area (TPSA) is 111 Å². The number of aliphatic carboxylic acids is 1. The van der Waals surface area contributed by atoms with Crippen LogP contribution in [0.5, 0.6) is 0 Å². The molecule has 0 spiro atoms. The first-order chi connectivity index (χ1) is 45.6. The van der Waals surface area contributed by atoms with Gasteiger partial charge in [0.2, 0.25) is 0 Å². The number of likely N-dealkylation sites (N-methyl/N-ethyl adjacent to an activating group) is 1. The zero-order valence-electron chi connectivity index (χ0n) is 61.9. The summed E-state index contributed by atoms with van der Waals surface area (Å²) in [6.45, 7) is 4.69. The van der Waals surface area contributed by atoms with Crippen molar-refractivity contribution in [2.45, 2.75) is 386 Å². The molecule has 0 aliphatic rings. The molecule has 0 heterocycles. The maximum absolute atomic E-state index is 13.0. The number of carboxylic acids is 1. The molecule has 0 aromatic heterocycles. The molecular weight excluding hydrogens is 1150 g/mol. The molecule has 93 heavy (non-hydrogen) atoms. The van der Waals surface area contributed by atoms with Crippen molar-refractivity contribution in [1.82, 2.24) is 0 Å². The maximum atomic E-state index is 13.0. The van der Waals surface area contributed by atoms with E-state index >= 15 is 0 Å². The number of rotatable bonds is 74. The number of ether oxygens (including phenoxy) is 4. The zero-order chi connectivity index (χ0) is 67.5. The second-order valence-electron chi connectivity index (χ2n) is 28.0. The van der Waals surface area contributed by atoms with E-state index in [1.807, 2.05) is 21.1 Å². The van der Waals surface area contributed by atoms with Gasteiger partial charge in [0.25, 0.3) is 0 Å². The van der Waals surface area contributed by atoms with E-state index in [1.54, 1.807) is 0 Å². The van der Waals surface area contributed by atoms with Gasteiger partial charge in [0.1, 0.15) is 13.2 Å². The van der Waals surface area contributed by atoms with Crippen molar-refractivity contribution in [1.29, 1.82) is 0 Å². The number of carbonyl (C=O) groups excluding carboxylic acids is 3. The molecule has 0 amide bonds. The number of hydrogen-bond acceptors (Lipinski definition) is 8. The number of carbonyl (C=O) groups is 3. The molecule has 0 aromatic rings. The van der Waals surface area contributed by atoms with Crippen molar-refractivity contribution >= 4 is 17.9 Å². The standard InChI is InChI=1S/C84H151NO8/c1-6-8-10-12-14-16-18-20-22-24-26-28-30-32-34-36-38-40-41-43-44-46-48-50-52-54-56-58-60-62-64-66-68-70-72-74-81(86)91-78-80(79-92-84(83(88)89)90-77-76-85(3,4)5)93-82(87)75-73-71-69-67-65-63-61-59-57-55-53-51-49-47-45-42-39-37-35-33-31-29-27-25-23-21-19-17-15-13-11-9-7-2/h9,11,15,17,21,23-24,26-27,29,33,35,39,42,80,84H,6-8,10,12-14,16,18-20,22,25,28,30-32,34,36-38,40-41,43-79H2,1-5H3/b11-9-,17-15-,23-21-,26-24-,29-27-,35-33-,42-39-. The molecule has 0 bridgehead atoms. The molecule has 0 aliphatic heterocycles. The molecule has 9 heteroatoms. The van der Waals surface area contributed by atoms with Gasteiger partial charge < -0.3 is 33.3 Å². The van der Waals surface area contributed by atoms with E-state index < -0.39 is 24.3 Å². The Balaban J connectivity index is 4.01. The van der Waals surface area contributed by atoms with Crippen molar-refractivity contribution in [2.75, 3.05) is 47.5 Å². The van der Waals surface area contributed by atoms with Crippen LogP contribution >= 0.6 is 0 Å². The summed E-state index contributed by atoms with van der Waals surface area (Å²) in [5.41, 5.74) is 0. The number of nitrogens with zero attached hydrogens (tertiary/aromatic N) is 1. The highest BCUT2D eigenvalue weighted by Gasteiger charge is 2.22. The third-order valence-corrected chi connectivity index (χ3v) is 17.6. The average molecular weight is 1300 g/mol. The van der Waals surface area contributed by atoms with Crippen LogP contribution < -0.4 is 5.11 Å². The van der Waals surface area contributed by atoms with Gasteiger partial charge in [-0.1, -0.05) is 356 Å². The predicted molar refractivity (Wildman–Crippen MR) is 398 cm³/mol. The summed E-state index contributed by atoms with van der Waals surface area (Å²) in [5.74, 6) is -2.26. The lowest BCUT2D eigenvalue weighted by molar-refractivity contribution is -0.870. The average Bonchev–Trinajstić information content (AvgIpc) is 3.74. The summed E-state index contributed by atoms with van der Waals surface area (Å²) in [4.78, 5) is 37.6. The minimum atomic E-state index is -1.62. The van der Waals surface area contributed by atoms with Gasteiger partial charge >= 0.3 is 11.9 Å². The third kappa shape index (κ3) is 75.7. The van der Waals surface area contributed by atoms with Gasteiger partial charge in [-0.3, -0.25) is 9.59 Å². The van der Waals surface area contributed by atoms with Gasteiger partial charge in [-0.15, -0.1) is 0 Å². The number of allylic oxidation sites excluding steroid dienone is 14. The van der Waals surface area contributed by atoms with Gasteiger partial charge in [0, 0.05) is 12.8 Å². The summed E-state index contributed by atoms with van der Waals surface area (Å²) >= 11 is 0. The van der Waals surface area contributed by atoms with Crippen LogP contribution in [0.3, 0.4) is 0 Å². The van der Waals surface area contributed by atoms with E-state index in [4.69, 9.17) is 18.9 Å². The molecule has 0 fully saturated rings. The van der Waals surface area contributed by atoms with Crippen LogP contribution in [0.4, 0.5) is 0 Å². The van der Waals surface area contributed by atoms with Crippen molar-refractivity contribution < 1.29 is 42.9 Å². The first-order valence-electron chi connectivity index (χ1n) is 39.7. The van der Waals surface area contributed by atoms with E-state index in [0.717, 1.165) is 77.0 Å². The van der Waals surface area contributed by atoms with Gasteiger partial charge in [0.15, 0.2) is 12.4 Å². The first kappa shape index (κ1) is 89.5. The Hall–Kier alpha value is -3.53. The second kappa shape index (κ2) is 74.3. The number of hydrogen-bond donors (Lipinski definition) is 0. The molecule has 9 nitrogen and oxygen atoms in total.